The summed E-state index contributed by atoms with van der Waals surface area (Å²) < 4.78 is 0. The summed E-state index contributed by atoms with van der Waals surface area (Å²) in [6.07, 6.45) is 2.23. The van der Waals surface area contributed by atoms with Crippen LogP contribution in [0.5, 0.6) is 0 Å². The predicted octanol–water partition coefficient (Wildman–Crippen LogP) is 2.03. The second-order valence-electron chi connectivity index (χ2n) is 7.39. The molecule has 2 saturated heterocycles. The van der Waals surface area contributed by atoms with Crippen molar-refractivity contribution in [2.75, 3.05) is 50.7 Å². The zero-order valence-electron chi connectivity index (χ0n) is 15.7. The number of likely N-dealkylation sites (N-methyl/N-ethyl adjacent to an activating group) is 1. The van der Waals surface area contributed by atoms with Gasteiger partial charge in [0.15, 0.2) is 0 Å². The molecule has 5 nitrogen and oxygen atoms in total. The molecule has 0 radical (unpaired) electrons. The summed E-state index contributed by atoms with van der Waals surface area (Å²) in [4.78, 5) is 19.8. The summed E-state index contributed by atoms with van der Waals surface area (Å²) in [6.45, 7) is 11.3. The SMILES string of the molecule is CCN1CCN(c2ccc(C(=O)N3CCCC(C)C3CN)cc2)CC1. The minimum Gasteiger partial charge on any atom is -0.369 e. The third-order valence-corrected chi connectivity index (χ3v) is 5.92. The standard InChI is InChI=1S/C20H32N4O/c1-3-22-11-13-23(14-12-22)18-8-6-17(7-9-18)20(25)24-10-4-5-16(2)19(24)15-21/h6-9,16,19H,3-5,10-15,21H2,1-2H3. The lowest BCUT2D eigenvalue weighted by atomic mass is 9.90. The molecule has 0 spiro atoms. The van der Waals surface area contributed by atoms with E-state index in [0.717, 1.165) is 57.7 Å². The minimum absolute atomic E-state index is 0.129. The summed E-state index contributed by atoms with van der Waals surface area (Å²) >= 11 is 0. The van der Waals surface area contributed by atoms with Crippen molar-refractivity contribution < 1.29 is 4.79 Å². The Kier molecular flexibility index (Phi) is 5.97. The quantitative estimate of drug-likeness (QED) is 0.908. The Labute approximate surface area is 151 Å². The van der Waals surface area contributed by atoms with E-state index in [-0.39, 0.29) is 11.9 Å². The van der Waals surface area contributed by atoms with Gasteiger partial charge in [-0.2, -0.15) is 0 Å². The first-order chi connectivity index (χ1) is 12.1. The van der Waals surface area contributed by atoms with Gasteiger partial charge in [0.05, 0.1) is 0 Å². The zero-order chi connectivity index (χ0) is 17.8. The van der Waals surface area contributed by atoms with E-state index in [0.29, 0.717) is 12.5 Å². The van der Waals surface area contributed by atoms with Crippen LogP contribution < -0.4 is 10.6 Å². The average Bonchev–Trinajstić information content (AvgIpc) is 2.67. The largest absolute Gasteiger partial charge is 0.369 e. The number of amides is 1. The molecular formula is C20H32N4O. The summed E-state index contributed by atoms with van der Waals surface area (Å²) in [5.41, 5.74) is 7.94. The van der Waals surface area contributed by atoms with Gasteiger partial charge in [-0.1, -0.05) is 13.8 Å². The monoisotopic (exact) mass is 344 g/mol. The fraction of sp³-hybridized carbons (Fsp3) is 0.650. The van der Waals surface area contributed by atoms with Gasteiger partial charge < -0.3 is 20.4 Å². The topological polar surface area (TPSA) is 52.8 Å². The van der Waals surface area contributed by atoms with Gasteiger partial charge in [-0.25, -0.2) is 0 Å². The summed E-state index contributed by atoms with van der Waals surface area (Å²) in [7, 11) is 0. The van der Waals surface area contributed by atoms with Crippen LogP contribution >= 0.6 is 0 Å². The number of hydrogen-bond acceptors (Lipinski definition) is 4. The van der Waals surface area contributed by atoms with Gasteiger partial charge in [-0.15, -0.1) is 0 Å². The van der Waals surface area contributed by atoms with E-state index in [2.05, 4.69) is 35.8 Å². The molecule has 3 rings (SSSR count). The van der Waals surface area contributed by atoms with Crippen molar-refractivity contribution >= 4 is 11.6 Å². The van der Waals surface area contributed by atoms with Gasteiger partial charge in [0.1, 0.15) is 0 Å². The summed E-state index contributed by atoms with van der Waals surface area (Å²) in [5.74, 6) is 0.612. The number of carbonyl (C=O) groups excluding carboxylic acids is 1. The molecule has 25 heavy (non-hydrogen) atoms. The van der Waals surface area contributed by atoms with Crippen molar-refractivity contribution in [1.29, 1.82) is 0 Å². The number of hydrogen-bond donors (Lipinski definition) is 1. The first-order valence-corrected chi connectivity index (χ1v) is 9.72. The summed E-state index contributed by atoms with van der Waals surface area (Å²) in [6, 6.07) is 8.33. The second kappa shape index (κ2) is 8.19. The van der Waals surface area contributed by atoms with Gasteiger partial charge in [0.25, 0.3) is 5.91 Å². The van der Waals surface area contributed by atoms with Crippen molar-refractivity contribution in [2.24, 2.45) is 11.7 Å². The van der Waals surface area contributed by atoms with Gasteiger partial charge in [-0.05, 0) is 49.6 Å². The van der Waals surface area contributed by atoms with Crippen LogP contribution in [-0.2, 0) is 0 Å². The Balaban J connectivity index is 1.66. The predicted molar refractivity (Wildman–Crippen MR) is 103 cm³/mol. The van der Waals surface area contributed by atoms with E-state index >= 15 is 0 Å². The number of piperazine rings is 1. The van der Waals surface area contributed by atoms with E-state index < -0.39 is 0 Å². The van der Waals surface area contributed by atoms with E-state index in [1.165, 1.54) is 5.69 Å². The average molecular weight is 345 g/mol. The maximum absolute atomic E-state index is 12.9. The van der Waals surface area contributed by atoms with Crippen LogP contribution in [0.25, 0.3) is 0 Å². The number of piperidine rings is 1. The maximum atomic E-state index is 12.9. The fourth-order valence-corrected chi connectivity index (χ4v) is 4.16. The molecule has 2 aliphatic rings. The Morgan fingerprint density at radius 2 is 1.80 bits per heavy atom. The lowest BCUT2D eigenvalue weighted by Gasteiger charge is -2.39. The molecule has 1 aromatic carbocycles. The molecule has 2 N–H and O–H groups in total. The van der Waals surface area contributed by atoms with Crippen molar-refractivity contribution in [2.45, 2.75) is 32.7 Å². The number of rotatable bonds is 4. The number of nitrogens with two attached hydrogens (primary N) is 1. The third-order valence-electron chi connectivity index (χ3n) is 5.92. The van der Waals surface area contributed by atoms with Crippen LogP contribution in [0.15, 0.2) is 24.3 Å². The van der Waals surface area contributed by atoms with Gasteiger partial charge >= 0.3 is 0 Å². The number of benzene rings is 1. The number of nitrogens with zero attached hydrogens (tertiary/aromatic N) is 3. The van der Waals surface area contributed by atoms with Crippen LogP contribution in [0, 0.1) is 5.92 Å². The second-order valence-corrected chi connectivity index (χ2v) is 7.39. The first-order valence-electron chi connectivity index (χ1n) is 9.72. The molecule has 2 unspecified atom stereocenters. The Morgan fingerprint density at radius 3 is 2.40 bits per heavy atom. The smallest absolute Gasteiger partial charge is 0.254 e. The van der Waals surface area contributed by atoms with Crippen LogP contribution in [-0.4, -0.2) is 67.6 Å². The Bertz CT molecular complexity index is 566. The van der Waals surface area contributed by atoms with Gasteiger partial charge in [0, 0.05) is 56.6 Å². The van der Waals surface area contributed by atoms with Crippen LogP contribution in [0.1, 0.15) is 37.0 Å². The van der Waals surface area contributed by atoms with Crippen molar-refractivity contribution in [1.82, 2.24) is 9.80 Å². The molecular weight excluding hydrogens is 312 g/mol. The van der Waals surface area contributed by atoms with E-state index in [9.17, 15) is 4.79 Å². The molecule has 1 aromatic rings. The van der Waals surface area contributed by atoms with Crippen LogP contribution in [0.4, 0.5) is 5.69 Å². The highest BCUT2D eigenvalue weighted by Gasteiger charge is 2.31. The number of carbonyl (C=O) groups is 1. The summed E-state index contributed by atoms with van der Waals surface area (Å²) in [5, 5.41) is 0. The molecule has 0 bridgehead atoms. The van der Waals surface area contributed by atoms with E-state index in [4.69, 9.17) is 5.73 Å². The van der Waals surface area contributed by atoms with E-state index in [1.54, 1.807) is 0 Å². The van der Waals surface area contributed by atoms with E-state index in [1.807, 2.05) is 17.0 Å². The fourth-order valence-electron chi connectivity index (χ4n) is 4.16. The third kappa shape index (κ3) is 3.98. The molecule has 1 amide bonds. The molecule has 2 fully saturated rings. The highest BCUT2D eigenvalue weighted by Crippen LogP contribution is 2.25. The lowest BCUT2D eigenvalue weighted by Crippen LogP contribution is -2.51. The van der Waals surface area contributed by atoms with Crippen molar-refractivity contribution in [3.05, 3.63) is 29.8 Å². The molecule has 0 aliphatic carbocycles. The molecule has 2 aliphatic heterocycles. The number of likely N-dealkylation sites (tertiary alicyclic amines) is 1. The molecule has 0 aromatic heterocycles. The molecule has 0 saturated carbocycles. The van der Waals surface area contributed by atoms with Crippen molar-refractivity contribution in [3.8, 4) is 0 Å². The molecule has 2 heterocycles. The normalized spacial score (nSPS) is 25.2. The Hall–Kier alpha value is -1.59. The minimum atomic E-state index is 0.129. The number of anilines is 1. The highest BCUT2D eigenvalue weighted by atomic mass is 16.2. The molecule has 5 heteroatoms. The first kappa shape index (κ1) is 18.2. The van der Waals surface area contributed by atoms with Crippen molar-refractivity contribution in [3.63, 3.8) is 0 Å². The highest BCUT2D eigenvalue weighted by molar-refractivity contribution is 5.95. The van der Waals surface area contributed by atoms with Gasteiger partial charge in [-0.3, -0.25) is 4.79 Å². The maximum Gasteiger partial charge on any atom is 0.254 e. The lowest BCUT2D eigenvalue weighted by molar-refractivity contribution is 0.0532. The van der Waals surface area contributed by atoms with Crippen LogP contribution in [0.2, 0.25) is 0 Å². The molecule has 2 atom stereocenters. The molecule has 138 valence electrons. The Morgan fingerprint density at radius 1 is 1.12 bits per heavy atom. The van der Waals surface area contributed by atoms with Gasteiger partial charge in [0.2, 0.25) is 0 Å². The zero-order valence-corrected chi connectivity index (χ0v) is 15.7. The van der Waals surface area contributed by atoms with Crippen LogP contribution in [0.3, 0.4) is 0 Å².